The second kappa shape index (κ2) is 8.78. The van der Waals surface area contributed by atoms with E-state index < -0.39 is 0 Å². The summed E-state index contributed by atoms with van der Waals surface area (Å²) in [6, 6.07) is 21.1. The summed E-state index contributed by atoms with van der Waals surface area (Å²) < 4.78 is 0. The first-order chi connectivity index (χ1) is 14.3. The minimum Gasteiger partial charge on any atom is -0.353 e. The Morgan fingerprint density at radius 1 is 0.733 bits per heavy atom. The third kappa shape index (κ3) is 3.99. The largest absolute Gasteiger partial charge is 0.353 e. The molecule has 1 saturated heterocycles. The maximum atomic E-state index is 4.70. The van der Waals surface area contributed by atoms with Gasteiger partial charge in [-0.25, -0.2) is 0 Å². The Morgan fingerprint density at radius 2 is 1.47 bits per heavy atom. The molecule has 0 spiro atoms. The molecule has 0 unspecified atom stereocenters. The number of pyridine rings is 1. The van der Waals surface area contributed by atoms with Crippen molar-refractivity contribution in [2.24, 2.45) is 0 Å². The molecular formula is C24H24ClN5. The number of piperazine rings is 1. The fraction of sp³-hybridized carbons (Fsp3) is 0.208. The summed E-state index contributed by atoms with van der Waals surface area (Å²) in [6.45, 7) is 4.02. The Morgan fingerprint density at radius 3 is 2.23 bits per heavy atom. The van der Waals surface area contributed by atoms with E-state index in [-0.39, 0.29) is 12.4 Å². The third-order valence-corrected chi connectivity index (χ3v) is 5.62. The summed E-state index contributed by atoms with van der Waals surface area (Å²) in [5.74, 6) is 0.939. The van der Waals surface area contributed by atoms with Gasteiger partial charge in [-0.1, -0.05) is 36.4 Å². The van der Waals surface area contributed by atoms with Crippen LogP contribution < -0.4 is 4.90 Å². The quantitative estimate of drug-likeness (QED) is 0.490. The van der Waals surface area contributed by atoms with Gasteiger partial charge in [0.15, 0.2) is 5.82 Å². The maximum absolute atomic E-state index is 4.70. The zero-order chi connectivity index (χ0) is 19.6. The molecule has 4 aromatic rings. The van der Waals surface area contributed by atoms with Crippen molar-refractivity contribution in [2.75, 3.05) is 38.1 Å². The van der Waals surface area contributed by atoms with Gasteiger partial charge in [0.05, 0.1) is 0 Å². The number of hydrogen-bond donors (Lipinski definition) is 0. The molecule has 0 atom stereocenters. The molecule has 30 heavy (non-hydrogen) atoms. The molecule has 2 aromatic heterocycles. The molecule has 1 fully saturated rings. The number of fused-ring (bicyclic) bond motifs is 1. The molecule has 5 nitrogen and oxygen atoms in total. The maximum Gasteiger partial charge on any atom is 0.151 e. The standard InChI is InChI=1S/C24H23N5.ClH/c1-28-12-14-29(15-13-28)23-17-22(19-8-10-25-11-9-19)24(27-26-23)21-7-6-18-4-2-3-5-20(18)16-21;/h2-11,16-17H,12-15H2,1H3;1H. The molecule has 0 N–H and O–H groups in total. The van der Waals surface area contributed by atoms with Crippen molar-refractivity contribution in [1.29, 1.82) is 0 Å². The van der Waals surface area contributed by atoms with E-state index in [4.69, 9.17) is 5.10 Å². The highest BCUT2D eigenvalue weighted by atomic mass is 35.5. The van der Waals surface area contributed by atoms with Gasteiger partial charge in [-0.2, -0.15) is 0 Å². The lowest BCUT2D eigenvalue weighted by Gasteiger charge is -2.33. The molecule has 0 bridgehead atoms. The number of nitrogens with zero attached hydrogens (tertiary/aromatic N) is 5. The van der Waals surface area contributed by atoms with Gasteiger partial charge in [0.1, 0.15) is 5.69 Å². The normalized spacial score (nSPS) is 14.5. The minimum absolute atomic E-state index is 0. The van der Waals surface area contributed by atoms with Crippen LogP contribution in [-0.4, -0.2) is 53.3 Å². The van der Waals surface area contributed by atoms with Crippen molar-refractivity contribution in [3.63, 3.8) is 0 Å². The van der Waals surface area contributed by atoms with E-state index in [1.807, 2.05) is 24.5 Å². The van der Waals surface area contributed by atoms with Gasteiger partial charge in [0, 0.05) is 49.7 Å². The van der Waals surface area contributed by atoms with E-state index in [0.29, 0.717) is 0 Å². The van der Waals surface area contributed by atoms with Gasteiger partial charge in [-0.05, 0) is 47.6 Å². The van der Waals surface area contributed by atoms with Gasteiger partial charge in [0.25, 0.3) is 0 Å². The predicted octanol–water partition coefficient (Wildman–Crippen LogP) is 4.53. The molecule has 0 amide bonds. The van der Waals surface area contributed by atoms with Crippen LogP contribution in [0.3, 0.4) is 0 Å². The van der Waals surface area contributed by atoms with Gasteiger partial charge >= 0.3 is 0 Å². The summed E-state index contributed by atoms with van der Waals surface area (Å²) in [7, 11) is 2.16. The Hall–Kier alpha value is -3.02. The summed E-state index contributed by atoms with van der Waals surface area (Å²) in [5, 5.41) is 11.7. The highest BCUT2D eigenvalue weighted by Gasteiger charge is 2.19. The number of likely N-dealkylation sites (N-methyl/N-ethyl adjacent to an activating group) is 1. The Kier molecular flexibility index (Phi) is 5.93. The van der Waals surface area contributed by atoms with Crippen molar-refractivity contribution < 1.29 is 0 Å². The van der Waals surface area contributed by atoms with Crippen molar-refractivity contribution in [1.82, 2.24) is 20.1 Å². The van der Waals surface area contributed by atoms with E-state index >= 15 is 0 Å². The van der Waals surface area contributed by atoms with Crippen LogP contribution in [0.4, 0.5) is 5.82 Å². The molecule has 0 aliphatic carbocycles. The van der Waals surface area contributed by atoms with Crippen LogP contribution in [0.5, 0.6) is 0 Å². The Balaban J connectivity index is 0.00000218. The lowest BCUT2D eigenvalue weighted by Crippen LogP contribution is -2.44. The number of halogens is 1. The molecule has 5 rings (SSSR count). The predicted molar refractivity (Wildman–Crippen MR) is 125 cm³/mol. The molecule has 152 valence electrons. The topological polar surface area (TPSA) is 45.2 Å². The van der Waals surface area contributed by atoms with Gasteiger partial charge in [0.2, 0.25) is 0 Å². The molecule has 0 saturated carbocycles. The zero-order valence-corrected chi connectivity index (χ0v) is 17.7. The SMILES string of the molecule is CN1CCN(c2cc(-c3ccncc3)c(-c3ccc4ccccc4c3)nn2)CC1.Cl. The minimum atomic E-state index is 0. The summed E-state index contributed by atoms with van der Waals surface area (Å²) >= 11 is 0. The van der Waals surface area contributed by atoms with Crippen LogP contribution in [-0.2, 0) is 0 Å². The molecule has 0 radical (unpaired) electrons. The second-order valence-electron chi connectivity index (χ2n) is 7.55. The van der Waals surface area contributed by atoms with Crippen LogP contribution in [0.25, 0.3) is 33.2 Å². The van der Waals surface area contributed by atoms with Crippen molar-refractivity contribution >= 4 is 29.0 Å². The van der Waals surface area contributed by atoms with Crippen LogP contribution in [0.2, 0.25) is 0 Å². The number of benzene rings is 2. The number of rotatable bonds is 3. The molecular weight excluding hydrogens is 394 g/mol. The zero-order valence-electron chi connectivity index (χ0n) is 16.9. The van der Waals surface area contributed by atoms with Crippen molar-refractivity contribution in [2.45, 2.75) is 0 Å². The number of anilines is 1. The van der Waals surface area contributed by atoms with Crippen LogP contribution in [0, 0.1) is 0 Å². The van der Waals surface area contributed by atoms with Gasteiger partial charge in [-0.3, -0.25) is 4.98 Å². The van der Waals surface area contributed by atoms with Gasteiger partial charge < -0.3 is 9.80 Å². The van der Waals surface area contributed by atoms with Crippen LogP contribution in [0.15, 0.2) is 73.1 Å². The van der Waals surface area contributed by atoms with E-state index in [1.54, 1.807) is 0 Å². The lowest BCUT2D eigenvalue weighted by atomic mass is 9.98. The van der Waals surface area contributed by atoms with E-state index in [0.717, 1.165) is 54.4 Å². The van der Waals surface area contributed by atoms with E-state index in [1.165, 1.54) is 10.8 Å². The summed E-state index contributed by atoms with van der Waals surface area (Å²) in [5.41, 5.74) is 4.17. The molecule has 2 aromatic carbocycles. The molecule has 6 heteroatoms. The third-order valence-electron chi connectivity index (χ3n) is 5.62. The first kappa shape index (κ1) is 20.3. The monoisotopic (exact) mass is 417 g/mol. The van der Waals surface area contributed by atoms with E-state index in [9.17, 15) is 0 Å². The Bertz CT molecular complexity index is 1140. The average Bonchev–Trinajstić information content (AvgIpc) is 2.79. The first-order valence-corrected chi connectivity index (χ1v) is 9.99. The fourth-order valence-electron chi connectivity index (χ4n) is 3.87. The smallest absolute Gasteiger partial charge is 0.151 e. The molecule has 3 heterocycles. The van der Waals surface area contributed by atoms with E-state index in [2.05, 4.69) is 75.5 Å². The average molecular weight is 418 g/mol. The van der Waals surface area contributed by atoms with Crippen LogP contribution >= 0.6 is 12.4 Å². The second-order valence-corrected chi connectivity index (χ2v) is 7.55. The highest BCUT2D eigenvalue weighted by molar-refractivity contribution is 5.90. The summed E-state index contributed by atoms with van der Waals surface area (Å²) in [6.07, 6.45) is 3.66. The van der Waals surface area contributed by atoms with Crippen LogP contribution in [0.1, 0.15) is 0 Å². The highest BCUT2D eigenvalue weighted by Crippen LogP contribution is 2.33. The fourth-order valence-corrected chi connectivity index (χ4v) is 3.87. The van der Waals surface area contributed by atoms with Crippen molar-refractivity contribution in [3.8, 4) is 22.4 Å². The molecule has 1 aliphatic heterocycles. The van der Waals surface area contributed by atoms with Gasteiger partial charge in [-0.15, -0.1) is 22.6 Å². The lowest BCUT2D eigenvalue weighted by molar-refractivity contribution is 0.312. The number of aromatic nitrogens is 3. The number of hydrogen-bond acceptors (Lipinski definition) is 5. The summed E-state index contributed by atoms with van der Waals surface area (Å²) in [4.78, 5) is 8.85. The Labute approximate surface area is 182 Å². The first-order valence-electron chi connectivity index (χ1n) is 9.99. The molecule has 1 aliphatic rings. The van der Waals surface area contributed by atoms with Crippen molar-refractivity contribution in [3.05, 3.63) is 73.1 Å².